The normalized spacial score (nSPS) is 54.7. The zero-order valence-corrected chi connectivity index (χ0v) is 17.2. The number of rotatable bonds is 1. The van der Waals surface area contributed by atoms with Gasteiger partial charge in [-0.05, 0) is 32.1 Å². The molecular formula is C21H30O7. The van der Waals surface area contributed by atoms with E-state index in [1.54, 1.807) is 13.8 Å². The zero-order valence-electron chi connectivity index (χ0n) is 17.2. The third-order valence-corrected chi connectivity index (χ3v) is 8.15. The molecule has 4 aliphatic rings. The smallest absolute Gasteiger partial charge is 0.430 e. The van der Waals surface area contributed by atoms with Gasteiger partial charge in [0.2, 0.25) is 5.60 Å². The van der Waals surface area contributed by atoms with E-state index in [4.69, 9.17) is 14.2 Å². The summed E-state index contributed by atoms with van der Waals surface area (Å²) in [5.41, 5.74) is -5.93. The molecule has 1 spiro atoms. The summed E-state index contributed by atoms with van der Waals surface area (Å²) in [6.45, 7) is 12.9. The minimum Gasteiger partial charge on any atom is -0.430 e. The van der Waals surface area contributed by atoms with Crippen molar-refractivity contribution in [3.63, 3.8) is 0 Å². The molecule has 2 aliphatic carbocycles. The number of hydrogen-bond acceptors (Lipinski definition) is 7. The molecule has 0 unspecified atom stereocenters. The molecule has 0 aromatic rings. The Morgan fingerprint density at radius 2 is 1.79 bits per heavy atom. The molecule has 0 aromatic carbocycles. The van der Waals surface area contributed by atoms with Crippen LogP contribution in [0.5, 0.6) is 0 Å². The molecule has 156 valence electrons. The molecule has 2 saturated carbocycles. The van der Waals surface area contributed by atoms with Gasteiger partial charge in [-0.15, -0.1) is 6.58 Å². The maximum absolute atomic E-state index is 13.8. The topological polar surface area (TPSA) is 102 Å². The quantitative estimate of drug-likeness (QED) is 0.519. The lowest BCUT2D eigenvalue weighted by Crippen LogP contribution is -2.88. The Balaban J connectivity index is 2.03. The van der Waals surface area contributed by atoms with Crippen LogP contribution in [-0.2, 0) is 19.0 Å². The highest BCUT2D eigenvalue weighted by Gasteiger charge is 2.84. The van der Waals surface area contributed by atoms with Crippen LogP contribution in [0.4, 0.5) is 4.79 Å². The second-order valence-corrected chi connectivity index (χ2v) is 10.2. The van der Waals surface area contributed by atoms with Crippen molar-refractivity contribution in [2.45, 2.75) is 89.0 Å². The Hall–Kier alpha value is -1.44. The van der Waals surface area contributed by atoms with Crippen LogP contribution in [0, 0.1) is 16.7 Å². The third kappa shape index (κ3) is 1.95. The van der Waals surface area contributed by atoms with Crippen molar-refractivity contribution < 1.29 is 34.0 Å². The largest absolute Gasteiger partial charge is 0.509 e. The van der Waals surface area contributed by atoms with Gasteiger partial charge in [0.1, 0.15) is 17.8 Å². The van der Waals surface area contributed by atoms with Crippen molar-refractivity contribution in [2.75, 3.05) is 0 Å². The highest BCUT2D eigenvalue weighted by atomic mass is 16.8. The third-order valence-electron chi connectivity index (χ3n) is 8.15. The van der Waals surface area contributed by atoms with Crippen LogP contribution in [0.3, 0.4) is 0 Å². The van der Waals surface area contributed by atoms with E-state index >= 15 is 0 Å². The van der Waals surface area contributed by atoms with E-state index in [1.807, 2.05) is 20.8 Å². The van der Waals surface area contributed by atoms with Crippen LogP contribution >= 0.6 is 0 Å². The van der Waals surface area contributed by atoms with Crippen LogP contribution in [0.15, 0.2) is 12.7 Å². The van der Waals surface area contributed by atoms with Crippen molar-refractivity contribution in [1.82, 2.24) is 0 Å². The summed E-state index contributed by atoms with van der Waals surface area (Å²) in [5, 5.41) is 22.5. The summed E-state index contributed by atoms with van der Waals surface area (Å²) in [7, 11) is 0. The maximum atomic E-state index is 13.8. The summed E-state index contributed by atoms with van der Waals surface area (Å²) in [5.74, 6) is -0.864. The second-order valence-electron chi connectivity index (χ2n) is 10.2. The molecule has 4 rings (SSSR count). The van der Waals surface area contributed by atoms with Gasteiger partial charge in [0.25, 0.3) is 0 Å². The average Bonchev–Trinajstić information content (AvgIpc) is 2.58. The molecule has 2 heterocycles. The predicted molar refractivity (Wildman–Crippen MR) is 98.4 cm³/mol. The van der Waals surface area contributed by atoms with Gasteiger partial charge >= 0.3 is 6.16 Å². The van der Waals surface area contributed by atoms with Gasteiger partial charge < -0.3 is 24.4 Å². The summed E-state index contributed by atoms with van der Waals surface area (Å²) in [4.78, 5) is 26.2. The zero-order chi connectivity index (χ0) is 20.9. The summed E-state index contributed by atoms with van der Waals surface area (Å²) < 4.78 is 17.6. The molecule has 2 N–H and O–H groups in total. The highest BCUT2D eigenvalue weighted by molar-refractivity contribution is 5.94. The second kappa shape index (κ2) is 5.37. The minimum atomic E-state index is -1.76. The van der Waals surface area contributed by atoms with Crippen LogP contribution in [0.25, 0.3) is 0 Å². The first kappa shape index (κ1) is 19.9. The summed E-state index contributed by atoms with van der Waals surface area (Å²) in [6.07, 6.45) is -1.47. The van der Waals surface area contributed by atoms with Crippen LogP contribution in [0.1, 0.15) is 53.9 Å². The Bertz CT molecular complexity index is 762. The van der Waals surface area contributed by atoms with Gasteiger partial charge in [0.05, 0.1) is 17.1 Å². The number of ketones is 1. The summed E-state index contributed by atoms with van der Waals surface area (Å²) in [6, 6.07) is 0. The van der Waals surface area contributed by atoms with E-state index < -0.39 is 58.0 Å². The number of carbonyl (C=O) groups is 2. The maximum Gasteiger partial charge on any atom is 0.509 e. The number of aliphatic hydroxyl groups is 2. The highest BCUT2D eigenvalue weighted by Crippen LogP contribution is 2.69. The van der Waals surface area contributed by atoms with E-state index in [2.05, 4.69) is 6.58 Å². The molecule has 0 radical (unpaired) electrons. The van der Waals surface area contributed by atoms with E-state index in [0.29, 0.717) is 12.8 Å². The Labute approximate surface area is 165 Å². The lowest BCUT2D eigenvalue weighted by atomic mass is 9.39. The molecule has 0 aromatic heterocycles. The predicted octanol–water partition coefficient (Wildman–Crippen LogP) is 2.13. The Kier molecular flexibility index (Phi) is 3.81. The fourth-order valence-corrected chi connectivity index (χ4v) is 6.99. The van der Waals surface area contributed by atoms with Crippen LogP contribution in [0.2, 0.25) is 0 Å². The van der Waals surface area contributed by atoms with Gasteiger partial charge in [-0.3, -0.25) is 4.79 Å². The van der Waals surface area contributed by atoms with Crippen molar-refractivity contribution >= 4 is 11.9 Å². The molecule has 0 amide bonds. The Morgan fingerprint density at radius 3 is 2.39 bits per heavy atom. The van der Waals surface area contributed by atoms with Gasteiger partial charge in [-0.25, -0.2) is 4.79 Å². The molecule has 0 bridgehead atoms. The first-order valence-electron chi connectivity index (χ1n) is 9.92. The van der Waals surface area contributed by atoms with Gasteiger partial charge in [-0.2, -0.15) is 0 Å². The fourth-order valence-electron chi connectivity index (χ4n) is 6.99. The number of Topliss-reactive ketones (excluding diaryl/α,β-unsaturated/α-hetero) is 1. The SMILES string of the molecule is C=C[C@@]1(C)CC(=O)[C@@]23OC(=O)O[C@H]4CCC(C)(C)[C@H]([C@H](O)[C@H](O)[C@@]2(C)O1)[C@]43C. The van der Waals surface area contributed by atoms with Crippen LogP contribution in [-0.4, -0.2) is 57.3 Å². The lowest BCUT2D eigenvalue weighted by Gasteiger charge is -2.72. The van der Waals surface area contributed by atoms with Crippen molar-refractivity contribution in [1.29, 1.82) is 0 Å². The first-order chi connectivity index (χ1) is 12.8. The first-order valence-corrected chi connectivity index (χ1v) is 9.92. The molecule has 8 atom stereocenters. The van der Waals surface area contributed by atoms with Gasteiger partial charge in [-0.1, -0.05) is 26.8 Å². The minimum absolute atomic E-state index is 0.0440. The lowest BCUT2D eigenvalue weighted by molar-refractivity contribution is -0.385. The summed E-state index contributed by atoms with van der Waals surface area (Å²) >= 11 is 0. The molecule has 4 fully saturated rings. The van der Waals surface area contributed by atoms with E-state index in [1.165, 1.54) is 6.08 Å². The fraction of sp³-hybridized carbons (Fsp3) is 0.810. The number of ether oxygens (including phenoxy) is 3. The van der Waals surface area contributed by atoms with Crippen molar-refractivity contribution in [3.8, 4) is 0 Å². The van der Waals surface area contributed by atoms with E-state index in [9.17, 15) is 19.8 Å². The van der Waals surface area contributed by atoms with Crippen molar-refractivity contribution in [3.05, 3.63) is 12.7 Å². The van der Waals surface area contributed by atoms with Crippen molar-refractivity contribution in [2.24, 2.45) is 16.7 Å². The number of hydrogen-bond donors (Lipinski definition) is 2. The number of aliphatic hydroxyl groups excluding tert-OH is 2. The standard InChI is InChI=1S/C21H30O7/c1-7-18(4)10-11(22)21-19(5)12(26-16(25)27-21)8-9-17(2,3)14(19)13(23)15(24)20(21,6)28-18/h7,12-15,23-24H,1,8-10H2,2-6H3/t12-,13-,14-,15-,18-,19-,20+,21-/m0/s1. The average molecular weight is 394 g/mol. The van der Waals surface area contributed by atoms with Gasteiger partial charge in [0, 0.05) is 12.3 Å². The molecule has 2 aliphatic heterocycles. The monoisotopic (exact) mass is 394 g/mol. The van der Waals surface area contributed by atoms with Gasteiger partial charge in [0.15, 0.2) is 5.78 Å². The molecular weight excluding hydrogens is 364 g/mol. The number of carbonyl (C=O) groups excluding carboxylic acids is 2. The van der Waals surface area contributed by atoms with E-state index in [-0.39, 0.29) is 12.2 Å². The molecule has 28 heavy (non-hydrogen) atoms. The van der Waals surface area contributed by atoms with Crippen LogP contribution < -0.4 is 0 Å². The van der Waals surface area contributed by atoms with E-state index in [0.717, 1.165) is 0 Å². The molecule has 7 nitrogen and oxygen atoms in total. The molecule has 7 heteroatoms. The Morgan fingerprint density at radius 1 is 1.14 bits per heavy atom. The molecule has 2 saturated heterocycles.